The Bertz CT molecular complexity index is 1800. The Morgan fingerprint density at radius 2 is 1.53 bits per heavy atom. The lowest BCUT2D eigenvalue weighted by Gasteiger charge is -2.39. The summed E-state index contributed by atoms with van der Waals surface area (Å²) in [7, 11) is 5.73. The number of aliphatic hydroxyl groups is 1. The summed E-state index contributed by atoms with van der Waals surface area (Å²) in [5.74, 6) is -2.42. The smallest absolute Gasteiger partial charge is 0.328 e. The zero-order chi connectivity index (χ0) is 32.6. The minimum absolute atomic E-state index is 0.426. The van der Waals surface area contributed by atoms with Gasteiger partial charge in [0.2, 0.25) is 5.88 Å². The number of benzene rings is 4. The third-order valence-corrected chi connectivity index (χ3v) is 7.94. The van der Waals surface area contributed by atoms with E-state index in [0.717, 1.165) is 42.8 Å². The third-order valence-electron chi connectivity index (χ3n) is 7.45. The van der Waals surface area contributed by atoms with Crippen LogP contribution in [0.4, 0.5) is 0 Å². The molecule has 0 saturated heterocycles. The van der Waals surface area contributed by atoms with Crippen LogP contribution in [-0.2, 0) is 15.2 Å². The SMILES string of the molecule is COc1nc2ccc(Br)cc2cc1[C@H](c1ccccc1)[C@](O)(CCN(C)C)c1cccc2ccccc12.O=C(O)/C=C/C(=O)O. The lowest BCUT2D eigenvalue weighted by Crippen LogP contribution is -2.38. The molecule has 2 atom stereocenters. The van der Waals surface area contributed by atoms with Crippen molar-refractivity contribution >= 4 is 49.5 Å². The van der Waals surface area contributed by atoms with E-state index < -0.39 is 23.5 Å². The molecule has 5 aromatic rings. The summed E-state index contributed by atoms with van der Waals surface area (Å²) in [5, 5.41) is 31.8. The Hall–Kier alpha value is -4.57. The molecule has 1 heterocycles. The molecule has 0 fully saturated rings. The Labute approximate surface area is 270 Å². The number of carboxylic acids is 2. The normalized spacial score (nSPS) is 13.3. The van der Waals surface area contributed by atoms with Crippen molar-refractivity contribution in [2.45, 2.75) is 17.9 Å². The number of carboxylic acid groups (broad SMARTS) is 2. The predicted molar refractivity (Wildman–Crippen MR) is 180 cm³/mol. The molecule has 3 N–H and O–H groups in total. The summed E-state index contributed by atoms with van der Waals surface area (Å²) in [6.45, 7) is 0.706. The first kappa shape index (κ1) is 33.3. The van der Waals surface area contributed by atoms with E-state index in [1.807, 2.05) is 62.6 Å². The van der Waals surface area contributed by atoms with Crippen molar-refractivity contribution in [1.29, 1.82) is 0 Å². The van der Waals surface area contributed by atoms with Crippen molar-refractivity contribution in [3.05, 3.63) is 130 Å². The standard InChI is InChI=1S/C32H31BrN2O2.C4H4O4/c1-35(2)19-18-32(36,28-15-9-13-22-10-7-8-14-26(22)28)30(23-11-5-4-6-12-23)27-21-24-20-25(33)16-17-29(24)34-31(27)37-3;5-3(6)1-2-4(7)8/h4-17,20-21,30,36H,18-19H2,1-3H3;1-2H,(H,5,6)(H,7,8)/b;2-1+/t30-,32-;/m0./s1. The van der Waals surface area contributed by atoms with E-state index in [1.165, 1.54) is 0 Å². The Morgan fingerprint density at radius 1 is 0.889 bits per heavy atom. The lowest BCUT2D eigenvalue weighted by atomic mass is 9.70. The summed E-state index contributed by atoms with van der Waals surface area (Å²) in [4.78, 5) is 26.1. The molecule has 0 radical (unpaired) electrons. The van der Waals surface area contributed by atoms with Gasteiger partial charge in [-0.1, -0.05) is 88.7 Å². The van der Waals surface area contributed by atoms with Crippen molar-refractivity contribution in [1.82, 2.24) is 9.88 Å². The maximum Gasteiger partial charge on any atom is 0.328 e. The number of ether oxygens (including phenoxy) is 1. The van der Waals surface area contributed by atoms with Gasteiger partial charge in [-0.15, -0.1) is 0 Å². The number of rotatable bonds is 10. The minimum Gasteiger partial charge on any atom is -0.481 e. The summed E-state index contributed by atoms with van der Waals surface area (Å²) in [5.41, 5.74) is 2.36. The van der Waals surface area contributed by atoms with Crippen LogP contribution in [0.15, 0.2) is 114 Å². The second-order valence-electron chi connectivity index (χ2n) is 10.8. The number of halogens is 1. The molecule has 0 unspecified atom stereocenters. The maximum atomic E-state index is 13.0. The molecule has 9 heteroatoms. The molecule has 0 aliphatic carbocycles. The number of carbonyl (C=O) groups is 2. The Morgan fingerprint density at radius 3 is 2.18 bits per heavy atom. The van der Waals surface area contributed by atoms with Gasteiger partial charge in [-0.05, 0) is 66.7 Å². The fourth-order valence-corrected chi connectivity index (χ4v) is 5.83. The maximum absolute atomic E-state index is 13.0. The number of fused-ring (bicyclic) bond motifs is 2. The molecule has 0 saturated carbocycles. The predicted octanol–water partition coefficient (Wildman–Crippen LogP) is 6.84. The number of methoxy groups -OCH3 is 1. The molecule has 5 rings (SSSR count). The molecule has 45 heavy (non-hydrogen) atoms. The van der Waals surface area contributed by atoms with Crippen LogP contribution in [-0.4, -0.2) is 64.9 Å². The summed E-state index contributed by atoms with van der Waals surface area (Å²) < 4.78 is 6.86. The summed E-state index contributed by atoms with van der Waals surface area (Å²) >= 11 is 3.60. The first-order valence-corrected chi connectivity index (χ1v) is 15.0. The van der Waals surface area contributed by atoms with Crippen LogP contribution < -0.4 is 4.74 Å². The highest BCUT2D eigenvalue weighted by atomic mass is 79.9. The van der Waals surface area contributed by atoms with Crippen molar-refractivity contribution in [2.24, 2.45) is 0 Å². The van der Waals surface area contributed by atoms with Gasteiger partial charge in [0.05, 0.1) is 12.6 Å². The number of hydrogen-bond acceptors (Lipinski definition) is 6. The van der Waals surface area contributed by atoms with Gasteiger partial charge in [-0.3, -0.25) is 0 Å². The van der Waals surface area contributed by atoms with Crippen LogP contribution >= 0.6 is 15.9 Å². The van der Waals surface area contributed by atoms with E-state index in [0.29, 0.717) is 31.0 Å². The van der Waals surface area contributed by atoms with Gasteiger partial charge < -0.3 is 25.0 Å². The van der Waals surface area contributed by atoms with Crippen LogP contribution in [0.5, 0.6) is 5.88 Å². The van der Waals surface area contributed by atoms with Crippen LogP contribution in [0.1, 0.15) is 29.0 Å². The summed E-state index contributed by atoms with van der Waals surface area (Å²) in [6.07, 6.45) is 1.64. The lowest BCUT2D eigenvalue weighted by molar-refractivity contribution is -0.134. The van der Waals surface area contributed by atoms with Crippen molar-refractivity contribution in [3.8, 4) is 5.88 Å². The Balaban J connectivity index is 0.000000510. The van der Waals surface area contributed by atoms with Gasteiger partial charge in [0.1, 0.15) is 5.60 Å². The average Bonchev–Trinajstić information content (AvgIpc) is 3.03. The first-order chi connectivity index (χ1) is 21.5. The van der Waals surface area contributed by atoms with E-state index >= 15 is 0 Å². The molecular formula is C36H35BrN2O6. The molecule has 0 spiro atoms. The quantitative estimate of drug-likeness (QED) is 0.138. The van der Waals surface area contributed by atoms with E-state index in [1.54, 1.807) is 7.11 Å². The van der Waals surface area contributed by atoms with Crippen molar-refractivity contribution < 1.29 is 29.6 Å². The number of aromatic nitrogens is 1. The highest BCUT2D eigenvalue weighted by molar-refractivity contribution is 9.10. The van der Waals surface area contributed by atoms with E-state index in [9.17, 15) is 14.7 Å². The molecule has 8 nitrogen and oxygen atoms in total. The highest BCUT2D eigenvalue weighted by Crippen LogP contribution is 2.49. The van der Waals surface area contributed by atoms with Gasteiger partial charge in [0.25, 0.3) is 0 Å². The molecule has 0 amide bonds. The van der Waals surface area contributed by atoms with E-state index in [-0.39, 0.29) is 0 Å². The molecule has 0 bridgehead atoms. The number of hydrogen-bond donors (Lipinski definition) is 3. The van der Waals surface area contributed by atoms with Gasteiger partial charge >= 0.3 is 11.9 Å². The molecule has 4 aromatic carbocycles. The minimum atomic E-state index is -1.26. The zero-order valence-electron chi connectivity index (χ0n) is 25.2. The number of pyridine rings is 1. The zero-order valence-corrected chi connectivity index (χ0v) is 26.8. The molecule has 1 aromatic heterocycles. The number of nitrogens with zero attached hydrogens (tertiary/aromatic N) is 2. The highest BCUT2D eigenvalue weighted by Gasteiger charge is 2.43. The van der Waals surface area contributed by atoms with Gasteiger partial charge in [0.15, 0.2) is 0 Å². The topological polar surface area (TPSA) is 120 Å². The summed E-state index contributed by atoms with van der Waals surface area (Å²) in [6, 6.07) is 32.8. The van der Waals surface area contributed by atoms with Crippen molar-refractivity contribution in [2.75, 3.05) is 27.7 Å². The second-order valence-corrected chi connectivity index (χ2v) is 11.7. The fourth-order valence-electron chi connectivity index (χ4n) is 5.45. The molecule has 0 aliphatic heterocycles. The van der Waals surface area contributed by atoms with Crippen LogP contribution in [0, 0.1) is 0 Å². The fraction of sp³-hybridized carbons (Fsp3) is 0.194. The van der Waals surface area contributed by atoms with Gasteiger partial charge in [-0.25, -0.2) is 14.6 Å². The van der Waals surface area contributed by atoms with Gasteiger partial charge in [-0.2, -0.15) is 0 Å². The van der Waals surface area contributed by atoms with Crippen LogP contribution in [0.2, 0.25) is 0 Å². The van der Waals surface area contributed by atoms with Crippen LogP contribution in [0.3, 0.4) is 0 Å². The second kappa shape index (κ2) is 14.9. The molecule has 0 aliphatic rings. The molecule has 232 valence electrons. The van der Waals surface area contributed by atoms with Gasteiger partial charge in [0, 0.05) is 40.0 Å². The first-order valence-electron chi connectivity index (χ1n) is 14.2. The average molecular weight is 672 g/mol. The monoisotopic (exact) mass is 670 g/mol. The third kappa shape index (κ3) is 8.13. The van der Waals surface area contributed by atoms with E-state index in [2.05, 4.69) is 69.4 Å². The molecular weight excluding hydrogens is 636 g/mol. The van der Waals surface area contributed by atoms with Crippen molar-refractivity contribution in [3.63, 3.8) is 0 Å². The van der Waals surface area contributed by atoms with Crippen LogP contribution in [0.25, 0.3) is 21.7 Å². The van der Waals surface area contributed by atoms with E-state index in [4.69, 9.17) is 19.9 Å². The number of aliphatic carboxylic acids is 2. The largest absolute Gasteiger partial charge is 0.481 e. The Kier molecular flexibility index (Phi) is 11.1.